The van der Waals surface area contributed by atoms with Gasteiger partial charge in [0.25, 0.3) is 0 Å². The first kappa shape index (κ1) is 19.8. The maximum Gasteiger partial charge on any atom is 0.241 e. The number of benzene rings is 2. The summed E-state index contributed by atoms with van der Waals surface area (Å²) < 4.78 is 28.0. The Morgan fingerprint density at radius 2 is 1.76 bits per heavy atom. The molecule has 0 aliphatic carbocycles. The number of anilines is 1. The fourth-order valence-corrected chi connectivity index (χ4v) is 4.55. The van der Waals surface area contributed by atoms with Crippen LogP contribution in [0.15, 0.2) is 41.3 Å². The van der Waals surface area contributed by atoms with Crippen molar-refractivity contribution in [2.75, 3.05) is 31.3 Å². The quantitative estimate of drug-likeness (QED) is 0.712. The number of thioether (sulfide) groups is 1. The van der Waals surface area contributed by atoms with E-state index in [0.29, 0.717) is 23.2 Å². The minimum Gasteiger partial charge on any atom is -0.377 e. The predicted molar refractivity (Wildman–Crippen MR) is 106 cm³/mol. The standard InChI is InChI=1S/C18H24N2O3S2/c1-14(21)24-13-5-4-12-19-25(22,23)18-11-7-8-15-16(18)9-6-10-17(15)20(2)3/h6-11,19H,4-5,12-13H2,1-3H3. The number of unbranched alkanes of at least 4 members (excludes halogenated alkanes) is 1. The molecule has 0 saturated carbocycles. The summed E-state index contributed by atoms with van der Waals surface area (Å²) in [4.78, 5) is 13.1. The maximum absolute atomic E-state index is 12.7. The van der Waals surface area contributed by atoms with Gasteiger partial charge in [-0.3, -0.25) is 4.79 Å². The van der Waals surface area contributed by atoms with E-state index in [9.17, 15) is 13.2 Å². The summed E-state index contributed by atoms with van der Waals surface area (Å²) in [6, 6.07) is 11.0. The van der Waals surface area contributed by atoms with Crippen LogP contribution in [0.3, 0.4) is 0 Å². The number of sulfonamides is 1. The van der Waals surface area contributed by atoms with Gasteiger partial charge in [-0.15, -0.1) is 0 Å². The van der Waals surface area contributed by atoms with Crippen LogP contribution in [0.1, 0.15) is 19.8 Å². The molecular weight excluding hydrogens is 356 g/mol. The second-order valence-corrected chi connectivity index (χ2v) is 8.97. The summed E-state index contributed by atoms with van der Waals surface area (Å²) in [6.07, 6.45) is 1.50. The van der Waals surface area contributed by atoms with Gasteiger partial charge in [-0.05, 0) is 25.0 Å². The van der Waals surface area contributed by atoms with Crippen molar-refractivity contribution < 1.29 is 13.2 Å². The first-order valence-corrected chi connectivity index (χ1v) is 10.6. The molecule has 0 fully saturated rings. The predicted octanol–water partition coefficient (Wildman–Crippen LogP) is 3.24. The average molecular weight is 381 g/mol. The third-order valence-electron chi connectivity index (χ3n) is 3.80. The summed E-state index contributed by atoms with van der Waals surface area (Å²) in [5.74, 6) is 0.720. The Morgan fingerprint density at radius 3 is 2.44 bits per heavy atom. The molecule has 0 radical (unpaired) electrons. The molecule has 0 unspecified atom stereocenters. The normalized spacial score (nSPS) is 11.6. The summed E-state index contributed by atoms with van der Waals surface area (Å²) >= 11 is 1.27. The van der Waals surface area contributed by atoms with E-state index >= 15 is 0 Å². The van der Waals surface area contributed by atoms with E-state index in [1.807, 2.05) is 43.3 Å². The molecule has 2 aromatic rings. The Hall–Kier alpha value is -1.57. The number of nitrogens with one attached hydrogen (secondary N) is 1. The van der Waals surface area contributed by atoms with E-state index < -0.39 is 10.0 Å². The molecule has 1 N–H and O–H groups in total. The van der Waals surface area contributed by atoms with E-state index in [1.54, 1.807) is 12.1 Å². The van der Waals surface area contributed by atoms with Crippen molar-refractivity contribution in [3.05, 3.63) is 36.4 Å². The number of fused-ring (bicyclic) bond motifs is 1. The van der Waals surface area contributed by atoms with Crippen LogP contribution in [0, 0.1) is 0 Å². The number of hydrogen-bond acceptors (Lipinski definition) is 5. The third-order valence-corrected chi connectivity index (χ3v) is 6.22. The molecule has 0 saturated heterocycles. The van der Waals surface area contributed by atoms with Crippen molar-refractivity contribution in [1.82, 2.24) is 4.72 Å². The van der Waals surface area contributed by atoms with Crippen molar-refractivity contribution in [2.24, 2.45) is 0 Å². The molecule has 0 amide bonds. The summed E-state index contributed by atoms with van der Waals surface area (Å²) in [6.45, 7) is 1.90. The van der Waals surface area contributed by atoms with Crippen molar-refractivity contribution in [1.29, 1.82) is 0 Å². The summed E-state index contributed by atoms with van der Waals surface area (Å²) in [5.41, 5.74) is 0.982. The monoisotopic (exact) mass is 380 g/mol. The highest BCUT2D eigenvalue weighted by molar-refractivity contribution is 8.13. The van der Waals surface area contributed by atoms with E-state index in [2.05, 4.69) is 4.72 Å². The van der Waals surface area contributed by atoms with Gasteiger partial charge in [0.15, 0.2) is 5.12 Å². The fraction of sp³-hybridized carbons (Fsp3) is 0.389. The van der Waals surface area contributed by atoms with Crippen molar-refractivity contribution in [2.45, 2.75) is 24.7 Å². The van der Waals surface area contributed by atoms with Crippen LogP contribution in [0.2, 0.25) is 0 Å². The Kier molecular flexibility index (Phi) is 6.87. The third kappa shape index (κ3) is 5.20. The van der Waals surface area contributed by atoms with Crippen LogP contribution >= 0.6 is 11.8 Å². The van der Waals surface area contributed by atoms with E-state index in [1.165, 1.54) is 18.7 Å². The molecule has 136 valence electrons. The van der Waals surface area contributed by atoms with Gasteiger partial charge >= 0.3 is 0 Å². The van der Waals surface area contributed by atoms with Crippen LogP contribution < -0.4 is 9.62 Å². The zero-order valence-corrected chi connectivity index (χ0v) is 16.4. The second kappa shape index (κ2) is 8.69. The molecule has 7 heteroatoms. The van der Waals surface area contributed by atoms with Crippen LogP contribution in [0.4, 0.5) is 5.69 Å². The molecule has 0 atom stereocenters. The number of rotatable bonds is 8. The molecule has 5 nitrogen and oxygen atoms in total. The minimum absolute atomic E-state index is 0.0908. The highest BCUT2D eigenvalue weighted by atomic mass is 32.2. The first-order valence-electron chi connectivity index (χ1n) is 8.15. The number of nitrogens with zero attached hydrogens (tertiary/aromatic N) is 1. The van der Waals surface area contributed by atoms with Crippen molar-refractivity contribution >= 4 is 43.4 Å². The van der Waals surface area contributed by atoms with Crippen LogP contribution in [0.5, 0.6) is 0 Å². The van der Waals surface area contributed by atoms with Gasteiger partial charge in [0.2, 0.25) is 10.0 Å². The zero-order valence-electron chi connectivity index (χ0n) is 14.8. The van der Waals surface area contributed by atoms with Crippen LogP contribution in [0.25, 0.3) is 10.8 Å². The lowest BCUT2D eigenvalue weighted by molar-refractivity contribution is -0.109. The molecule has 0 aromatic heterocycles. The van der Waals surface area contributed by atoms with Gasteiger partial charge in [-0.1, -0.05) is 36.0 Å². The van der Waals surface area contributed by atoms with Gasteiger partial charge in [0.05, 0.1) is 4.90 Å². The lowest BCUT2D eigenvalue weighted by atomic mass is 10.1. The minimum atomic E-state index is -3.58. The second-order valence-electron chi connectivity index (χ2n) is 5.97. The number of carbonyl (C=O) groups is 1. The first-order chi connectivity index (χ1) is 11.8. The Balaban J connectivity index is 2.14. The molecular formula is C18H24N2O3S2. The van der Waals surface area contributed by atoms with Crippen molar-refractivity contribution in [3.8, 4) is 0 Å². The number of hydrogen-bond donors (Lipinski definition) is 1. The molecule has 0 aliphatic rings. The summed E-state index contributed by atoms with van der Waals surface area (Å²) in [7, 11) is 0.300. The van der Waals surface area contributed by atoms with Crippen LogP contribution in [-0.2, 0) is 14.8 Å². The Bertz CT molecular complexity index is 849. The highest BCUT2D eigenvalue weighted by Crippen LogP contribution is 2.30. The Morgan fingerprint density at radius 1 is 1.08 bits per heavy atom. The molecule has 25 heavy (non-hydrogen) atoms. The van der Waals surface area contributed by atoms with Gasteiger partial charge in [0.1, 0.15) is 0 Å². The van der Waals surface area contributed by atoms with Gasteiger partial charge in [0, 0.05) is 49.8 Å². The van der Waals surface area contributed by atoms with E-state index in [0.717, 1.165) is 23.2 Å². The van der Waals surface area contributed by atoms with Gasteiger partial charge in [-0.2, -0.15) is 0 Å². The number of carbonyl (C=O) groups excluding carboxylic acids is 1. The van der Waals surface area contributed by atoms with E-state index in [4.69, 9.17) is 0 Å². The average Bonchev–Trinajstić information content (AvgIpc) is 2.56. The topological polar surface area (TPSA) is 66.5 Å². The lowest BCUT2D eigenvalue weighted by Gasteiger charge is -2.17. The molecule has 2 aromatic carbocycles. The zero-order chi connectivity index (χ0) is 18.4. The van der Waals surface area contributed by atoms with Gasteiger partial charge < -0.3 is 4.90 Å². The SMILES string of the molecule is CC(=O)SCCCCNS(=O)(=O)c1cccc2c(N(C)C)cccc12. The molecule has 0 heterocycles. The van der Waals surface area contributed by atoms with Gasteiger partial charge in [-0.25, -0.2) is 13.1 Å². The van der Waals surface area contributed by atoms with E-state index in [-0.39, 0.29) is 5.12 Å². The van der Waals surface area contributed by atoms with Crippen molar-refractivity contribution in [3.63, 3.8) is 0 Å². The van der Waals surface area contributed by atoms with Crippen LogP contribution in [-0.4, -0.2) is 39.9 Å². The highest BCUT2D eigenvalue weighted by Gasteiger charge is 2.17. The lowest BCUT2D eigenvalue weighted by Crippen LogP contribution is -2.25. The molecule has 0 aliphatic heterocycles. The summed E-state index contributed by atoms with van der Waals surface area (Å²) in [5, 5.41) is 1.72. The largest absolute Gasteiger partial charge is 0.377 e. The fourth-order valence-electron chi connectivity index (χ4n) is 2.62. The molecule has 0 spiro atoms. The Labute approximate surface area is 153 Å². The molecule has 0 bridgehead atoms. The molecule has 2 rings (SSSR count). The maximum atomic E-state index is 12.7. The smallest absolute Gasteiger partial charge is 0.241 e.